The van der Waals surface area contributed by atoms with E-state index in [1.807, 2.05) is 0 Å². The lowest BCUT2D eigenvalue weighted by Crippen LogP contribution is -2.58. The molecular formula is C10H17N3O7S. The molecule has 11 heteroatoms. The summed E-state index contributed by atoms with van der Waals surface area (Å²) in [6.07, 6.45) is -4.47. The van der Waals surface area contributed by atoms with Gasteiger partial charge in [-0.1, -0.05) is 5.11 Å². The zero-order valence-corrected chi connectivity index (χ0v) is 12.6. The van der Waals surface area contributed by atoms with Crippen molar-refractivity contribution in [3.63, 3.8) is 0 Å². The summed E-state index contributed by atoms with van der Waals surface area (Å²) in [5.41, 5.74) is 8.34. The third-order valence-electron chi connectivity index (χ3n) is 3.05. The highest BCUT2D eigenvalue weighted by molar-refractivity contribution is 7.86. The van der Waals surface area contributed by atoms with Gasteiger partial charge < -0.3 is 19.3 Å². The molecule has 0 aromatic heterocycles. The number of aliphatic hydroxyl groups excluding tert-OH is 1. The van der Waals surface area contributed by atoms with Crippen LogP contribution in [0.1, 0.15) is 13.8 Å². The molecule has 10 nitrogen and oxygen atoms in total. The number of fused-ring (bicyclic) bond motifs is 1. The van der Waals surface area contributed by atoms with E-state index in [4.69, 9.17) is 23.9 Å². The van der Waals surface area contributed by atoms with Crippen LogP contribution in [-0.4, -0.2) is 62.8 Å². The molecule has 120 valence electrons. The second-order valence-electron chi connectivity index (χ2n) is 5.31. The van der Waals surface area contributed by atoms with Crippen molar-refractivity contribution in [3.8, 4) is 0 Å². The number of hydrogen-bond donors (Lipinski definition) is 1. The first-order valence-corrected chi connectivity index (χ1v) is 8.03. The monoisotopic (exact) mass is 323 g/mol. The van der Waals surface area contributed by atoms with E-state index in [9.17, 15) is 13.5 Å². The zero-order valence-electron chi connectivity index (χ0n) is 11.7. The van der Waals surface area contributed by atoms with E-state index >= 15 is 0 Å². The molecule has 0 amide bonds. The molecule has 2 fully saturated rings. The van der Waals surface area contributed by atoms with Crippen LogP contribution in [0.15, 0.2) is 5.11 Å². The van der Waals surface area contributed by atoms with Crippen molar-refractivity contribution in [2.24, 2.45) is 5.11 Å². The molecule has 0 spiro atoms. The van der Waals surface area contributed by atoms with E-state index in [1.165, 1.54) is 0 Å². The third-order valence-corrected chi connectivity index (χ3v) is 3.62. The van der Waals surface area contributed by atoms with Gasteiger partial charge in [-0.05, 0) is 19.4 Å². The van der Waals surface area contributed by atoms with Crippen LogP contribution in [0.5, 0.6) is 0 Å². The number of azide groups is 1. The van der Waals surface area contributed by atoms with E-state index in [0.717, 1.165) is 6.26 Å². The Morgan fingerprint density at radius 1 is 1.43 bits per heavy atom. The Morgan fingerprint density at radius 2 is 2.10 bits per heavy atom. The molecule has 0 aliphatic carbocycles. The highest BCUT2D eigenvalue weighted by atomic mass is 32.2. The minimum absolute atomic E-state index is 0.186. The molecule has 1 N–H and O–H groups in total. The van der Waals surface area contributed by atoms with Gasteiger partial charge in [0.15, 0.2) is 12.1 Å². The van der Waals surface area contributed by atoms with Crippen molar-refractivity contribution in [1.29, 1.82) is 0 Å². The molecule has 0 aromatic rings. The molecule has 0 saturated carbocycles. The lowest BCUT2D eigenvalue weighted by molar-refractivity contribution is -0.243. The van der Waals surface area contributed by atoms with Crippen LogP contribution in [0.2, 0.25) is 0 Å². The minimum atomic E-state index is -3.83. The summed E-state index contributed by atoms with van der Waals surface area (Å²) in [5.74, 6) is -1.01. The Morgan fingerprint density at radius 3 is 2.67 bits per heavy atom. The zero-order chi connectivity index (χ0) is 15.8. The second kappa shape index (κ2) is 5.69. The van der Waals surface area contributed by atoms with Crippen LogP contribution < -0.4 is 0 Å². The minimum Gasteiger partial charge on any atom is -0.388 e. The predicted octanol–water partition coefficient (Wildman–Crippen LogP) is -0.121. The first-order chi connectivity index (χ1) is 9.63. The van der Waals surface area contributed by atoms with Gasteiger partial charge in [0.25, 0.3) is 10.1 Å². The van der Waals surface area contributed by atoms with Crippen LogP contribution in [0.4, 0.5) is 0 Å². The Balaban J connectivity index is 2.26. The maximum atomic E-state index is 11.4. The summed E-state index contributed by atoms with van der Waals surface area (Å²) in [6, 6.07) is 0. The lowest BCUT2D eigenvalue weighted by Gasteiger charge is -2.38. The molecule has 2 saturated heterocycles. The smallest absolute Gasteiger partial charge is 0.264 e. The quantitative estimate of drug-likeness (QED) is 0.329. The van der Waals surface area contributed by atoms with Crippen molar-refractivity contribution in [2.45, 2.75) is 50.3 Å². The van der Waals surface area contributed by atoms with Gasteiger partial charge in [-0.25, -0.2) is 0 Å². The predicted molar refractivity (Wildman–Crippen MR) is 68.4 cm³/mol. The van der Waals surface area contributed by atoms with Gasteiger partial charge in [0, 0.05) is 4.91 Å². The summed E-state index contributed by atoms with van der Waals surface area (Å²) < 4.78 is 44.1. The molecule has 0 aromatic carbocycles. The number of nitrogens with zero attached hydrogens (tertiary/aromatic N) is 3. The number of aliphatic hydroxyl groups is 1. The molecule has 2 heterocycles. The molecular weight excluding hydrogens is 306 g/mol. The van der Waals surface area contributed by atoms with Crippen LogP contribution >= 0.6 is 0 Å². The number of ether oxygens (including phenoxy) is 3. The Kier molecular flexibility index (Phi) is 4.45. The van der Waals surface area contributed by atoms with Gasteiger partial charge in [0.05, 0.1) is 18.9 Å². The molecule has 2 rings (SSSR count). The summed E-state index contributed by atoms with van der Waals surface area (Å²) in [6.45, 7) is 3.07. The number of rotatable bonds is 4. The molecule has 2 aliphatic rings. The van der Waals surface area contributed by atoms with Gasteiger partial charge in [0.2, 0.25) is 0 Å². The summed E-state index contributed by atoms with van der Waals surface area (Å²) in [4.78, 5) is 2.58. The van der Waals surface area contributed by atoms with E-state index < -0.39 is 46.6 Å². The Hall–Kier alpha value is -0.940. The Bertz CT molecular complexity index is 545. The van der Waals surface area contributed by atoms with E-state index in [1.54, 1.807) is 13.8 Å². The fourth-order valence-electron chi connectivity index (χ4n) is 2.33. The van der Waals surface area contributed by atoms with Crippen LogP contribution in [0.3, 0.4) is 0 Å². The molecule has 21 heavy (non-hydrogen) atoms. The van der Waals surface area contributed by atoms with Crippen LogP contribution in [0.25, 0.3) is 10.4 Å². The summed E-state index contributed by atoms with van der Waals surface area (Å²) in [7, 11) is -3.83. The van der Waals surface area contributed by atoms with Crippen molar-refractivity contribution < 1.29 is 31.9 Å². The van der Waals surface area contributed by atoms with E-state index in [-0.39, 0.29) is 6.54 Å². The average Bonchev–Trinajstić information content (AvgIpc) is 2.64. The fraction of sp³-hybridized carbons (Fsp3) is 1.00. The maximum Gasteiger partial charge on any atom is 0.264 e. The standard InChI is InChI=1S/C10H17N3O7S/c1-10(2)18-8-7(20-21(3,15)16)6(14)5(4-12-13-11)17-9(8)19-10/h5-9,14H,4H2,1-3H3/t5-,6-,7-,8+,9+/m0/s1. The third kappa shape index (κ3) is 3.83. The largest absolute Gasteiger partial charge is 0.388 e. The van der Waals surface area contributed by atoms with E-state index in [2.05, 4.69) is 10.0 Å². The number of hydrogen-bond acceptors (Lipinski definition) is 8. The molecule has 0 radical (unpaired) electrons. The van der Waals surface area contributed by atoms with Crippen molar-refractivity contribution in [1.82, 2.24) is 0 Å². The second-order valence-corrected chi connectivity index (χ2v) is 6.91. The first kappa shape index (κ1) is 16.4. The highest BCUT2D eigenvalue weighted by Crippen LogP contribution is 2.37. The van der Waals surface area contributed by atoms with Gasteiger partial charge in [-0.15, -0.1) is 0 Å². The highest BCUT2D eigenvalue weighted by Gasteiger charge is 2.55. The summed E-state index contributed by atoms with van der Waals surface area (Å²) >= 11 is 0. The molecule has 5 atom stereocenters. The normalized spacial score (nSPS) is 38.6. The molecule has 2 aliphatic heterocycles. The summed E-state index contributed by atoms with van der Waals surface area (Å²) in [5, 5.41) is 13.5. The van der Waals surface area contributed by atoms with Crippen LogP contribution in [0, 0.1) is 0 Å². The SMILES string of the molecule is CC1(C)O[C@H]2O[C@@H](CN=[N+]=[N-])[C@H](O)[C@H](OS(C)(=O)=O)[C@H]2O1. The van der Waals surface area contributed by atoms with E-state index in [0.29, 0.717) is 0 Å². The topological polar surface area (TPSA) is 140 Å². The van der Waals surface area contributed by atoms with Gasteiger partial charge in [-0.2, -0.15) is 8.42 Å². The van der Waals surface area contributed by atoms with Crippen molar-refractivity contribution >= 4 is 10.1 Å². The van der Waals surface area contributed by atoms with Gasteiger partial charge in [0.1, 0.15) is 18.3 Å². The first-order valence-electron chi connectivity index (χ1n) is 6.21. The lowest BCUT2D eigenvalue weighted by atomic mass is 9.99. The molecule has 0 bridgehead atoms. The molecule has 0 unspecified atom stereocenters. The fourth-order valence-corrected chi connectivity index (χ4v) is 2.95. The van der Waals surface area contributed by atoms with Crippen LogP contribution in [-0.2, 0) is 28.5 Å². The van der Waals surface area contributed by atoms with Gasteiger partial charge in [-0.3, -0.25) is 4.18 Å². The van der Waals surface area contributed by atoms with Gasteiger partial charge >= 0.3 is 0 Å². The maximum absolute atomic E-state index is 11.4. The Labute approximate surface area is 121 Å². The average molecular weight is 323 g/mol. The van der Waals surface area contributed by atoms with Crippen molar-refractivity contribution in [2.75, 3.05) is 12.8 Å². The van der Waals surface area contributed by atoms with Crippen molar-refractivity contribution in [3.05, 3.63) is 10.4 Å².